The van der Waals surface area contributed by atoms with E-state index in [4.69, 9.17) is 0 Å². The molecule has 0 aliphatic heterocycles. The lowest BCUT2D eigenvalue weighted by Crippen LogP contribution is -2.24. The minimum absolute atomic E-state index is 0.347. The summed E-state index contributed by atoms with van der Waals surface area (Å²) in [5, 5.41) is 3.61. The van der Waals surface area contributed by atoms with Crippen molar-refractivity contribution in [1.29, 1.82) is 0 Å². The van der Waals surface area contributed by atoms with E-state index in [9.17, 15) is 0 Å². The minimum atomic E-state index is 0.347. The van der Waals surface area contributed by atoms with Crippen LogP contribution in [0, 0.1) is 5.41 Å². The molecule has 1 aromatic heterocycles. The molecule has 0 radical (unpaired) electrons. The SMILES string of the molecule is CCCNC(CCC(C)(C)C)c1ncccc1Br. The molecule has 1 rings (SSSR count). The molecule has 0 spiro atoms. The van der Waals surface area contributed by atoms with Gasteiger partial charge in [0.1, 0.15) is 0 Å². The summed E-state index contributed by atoms with van der Waals surface area (Å²) in [5.41, 5.74) is 1.50. The Morgan fingerprint density at radius 3 is 2.67 bits per heavy atom. The second-order valence-electron chi connectivity index (χ2n) is 5.98. The first-order valence-corrected chi connectivity index (χ1v) is 7.57. The topological polar surface area (TPSA) is 24.9 Å². The predicted molar refractivity (Wildman–Crippen MR) is 81.7 cm³/mol. The van der Waals surface area contributed by atoms with Crippen molar-refractivity contribution in [1.82, 2.24) is 10.3 Å². The fourth-order valence-corrected chi connectivity index (χ4v) is 2.42. The summed E-state index contributed by atoms with van der Waals surface area (Å²) in [7, 11) is 0. The molecule has 1 N–H and O–H groups in total. The number of nitrogens with zero attached hydrogens (tertiary/aromatic N) is 1. The van der Waals surface area contributed by atoms with Crippen LogP contribution in [-0.2, 0) is 0 Å². The molecule has 102 valence electrons. The Morgan fingerprint density at radius 2 is 2.11 bits per heavy atom. The van der Waals surface area contributed by atoms with Crippen molar-refractivity contribution in [3.05, 3.63) is 28.5 Å². The van der Waals surface area contributed by atoms with Crippen LogP contribution in [0.15, 0.2) is 22.8 Å². The van der Waals surface area contributed by atoms with E-state index in [2.05, 4.69) is 60.0 Å². The highest BCUT2D eigenvalue weighted by atomic mass is 79.9. The number of halogens is 1. The normalized spacial score (nSPS) is 13.6. The van der Waals surface area contributed by atoms with Gasteiger partial charge in [0.2, 0.25) is 0 Å². The van der Waals surface area contributed by atoms with Gasteiger partial charge in [-0.3, -0.25) is 4.98 Å². The lowest BCUT2D eigenvalue weighted by atomic mass is 9.88. The maximum atomic E-state index is 4.52. The lowest BCUT2D eigenvalue weighted by Gasteiger charge is -2.24. The van der Waals surface area contributed by atoms with Gasteiger partial charge in [-0.15, -0.1) is 0 Å². The van der Waals surface area contributed by atoms with Crippen molar-refractivity contribution >= 4 is 15.9 Å². The van der Waals surface area contributed by atoms with Crippen molar-refractivity contribution in [2.24, 2.45) is 5.41 Å². The maximum Gasteiger partial charge on any atom is 0.0714 e. The summed E-state index contributed by atoms with van der Waals surface area (Å²) in [5.74, 6) is 0. The standard InChI is InChI=1S/C15H25BrN2/c1-5-10-17-13(8-9-15(2,3)4)14-12(16)7-6-11-18-14/h6-7,11,13,17H,5,8-10H2,1-4H3. The number of hydrogen-bond acceptors (Lipinski definition) is 2. The van der Waals surface area contributed by atoms with Crippen molar-refractivity contribution in [2.45, 2.75) is 53.0 Å². The number of nitrogens with one attached hydrogen (secondary N) is 1. The second-order valence-corrected chi connectivity index (χ2v) is 6.83. The van der Waals surface area contributed by atoms with Gasteiger partial charge in [-0.1, -0.05) is 27.7 Å². The maximum absolute atomic E-state index is 4.52. The third kappa shape index (κ3) is 5.49. The van der Waals surface area contributed by atoms with Gasteiger partial charge in [-0.25, -0.2) is 0 Å². The van der Waals surface area contributed by atoms with E-state index < -0.39 is 0 Å². The van der Waals surface area contributed by atoms with E-state index in [1.165, 1.54) is 6.42 Å². The van der Waals surface area contributed by atoms with Crippen LogP contribution in [0.3, 0.4) is 0 Å². The summed E-state index contributed by atoms with van der Waals surface area (Å²) >= 11 is 3.61. The molecule has 1 unspecified atom stereocenters. The molecule has 0 saturated heterocycles. The number of rotatable bonds is 6. The van der Waals surface area contributed by atoms with Crippen LogP contribution < -0.4 is 5.32 Å². The molecule has 0 fully saturated rings. The minimum Gasteiger partial charge on any atom is -0.309 e. The molecule has 2 nitrogen and oxygen atoms in total. The van der Waals surface area contributed by atoms with Gasteiger partial charge in [0.25, 0.3) is 0 Å². The molecule has 0 aliphatic carbocycles. The summed E-state index contributed by atoms with van der Waals surface area (Å²) in [6.07, 6.45) is 5.34. The average molecular weight is 313 g/mol. The smallest absolute Gasteiger partial charge is 0.0714 e. The molecular formula is C15H25BrN2. The van der Waals surface area contributed by atoms with Gasteiger partial charge in [0.15, 0.2) is 0 Å². The van der Waals surface area contributed by atoms with Crippen LogP contribution in [0.1, 0.15) is 58.7 Å². The third-order valence-electron chi connectivity index (χ3n) is 2.94. The van der Waals surface area contributed by atoms with Crippen LogP contribution in [0.5, 0.6) is 0 Å². The molecule has 1 atom stereocenters. The monoisotopic (exact) mass is 312 g/mol. The summed E-state index contributed by atoms with van der Waals surface area (Å²) in [6.45, 7) is 10.1. The molecule has 1 aromatic rings. The zero-order chi connectivity index (χ0) is 13.6. The van der Waals surface area contributed by atoms with E-state index in [1.807, 2.05) is 12.3 Å². The first-order chi connectivity index (χ1) is 8.44. The Morgan fingerprint density at radius 1 is 1.39 bits per heavy atom. The third-order valence-corrected chi connectivity index (χ3v) is 3.61. The highest BCUT2D eigenvalue weighted by Gasteiger charge is 2.18. The Bertz CT molecular complexity index is 358. The van der Waals surface area contributed by atoms with Gasteiger partial charge < -0.3 is 5.32 Å². The van der Waals surface area contributed by atoms with Gasteiger partial charge in [-0.05, 0) is 59.3 Å². The molecule has 0 amide bonds. The van der Waals surface area contributed by atoms with Crippen LogP contribution in [-0.4, -0.2) is 11.5 Å². The molecule has 18 heavy (non-hydrogen) atoms. The van der Waals surface area contributed by atoms with Crippen LogP contribution >= 0.6 is 15.9 Å². The zero-order valence-corrected chi connectivity index (χ0v) is 13.5. The Hall–Kier alpha value is -0.410. The Kier molecular flexibility index (Phi) is 6.30. The van der Waals surface area contributed by atoms with E-state index >= 15 is 0 Å². The first kappa shape index (κ1) is 15.6. The van der Waals surface area contributed by atoms with Gasteiger partial charge >= 0.3 is 0 Å². The first-order valence-electron chi connectivity index (χ1n) is 6.78. The Balaban J connectivity index is 2.75. The highest BCUT2D eigenvalue weighted by Crippen LogP contribution is 2.29. The molecule has 0 aliphatic rings. The molecular weight excluding hydrogens is 288 g/mol. The number of hydrogen-bond donors (Lipinski definition) is 1. The fourth-order valence-electron chi connectivity index (χ4n) is 1.89. The van der Waals surface area contributed by atoms with Crippen LogP contribution in [0.2, 0.25) is 0 Å². The van der Waals surface area contributed by atoms with Gasteiger partial charge in [0, 0.05) is 10.7 Å². The molecule has 0 bridgehead atoms. The second kappa shape index (κ2) is 7.25. The molecule has 1 heterocycles. The Labute approximate surface area is 120 Å². The van der Waals surface area contributed by atoms with Crippen molar-refractivity contribution < 1.29 is 0 Å². The molecule has 3 heteroatoms. The summed E-state index contributed by atoms with van der Waals surface area (Å²) in [6, 6.07) is 4.38. The largest absolute Gasteiger partial charge is 0.309 e. The predicted octanol–water partition coefficient (Wildman–Crippen LogP) is 4.71. The van der Waals surface area contributed by atoms with Gasteiger partial charge in [0.05, 0.1) is 11.7 Å². The zero-order valence-electron chi connectivity index (χ0n) is 12.0. The molecule has 0 saturated carbocycles. The molecule has 0 aromatic carbocycles. The highest BCUT2D eigenvalue weighted by molar-refractivity contribution is 9.10. The van der Waals surface area contributed by atoms with Crippen molar-refractivity contribution in [3.8, 4) is 0 Å². The quantitative estimate of drug-likeness (QED) is 0.822. The number of aromatic nitrogens is 1. The fraction of sp³-hybridized carbons (Fsp3) is 0.667. The average Bonchev–Trinajstić information content (AvgIpc) is 2.29. The van der Waals surface area contributed by atoms with E-state index in [0.29, 0.717) is 11.5 Å². The number of pyridine rings is 1. The summed E-state index contributed by atoms with van der Waals surface area (Å²) < 4.78 is 1.10. The van der Waals surface area contributed by atoms with Crippen molar-refractivity contribution in [3.63, 3.8) is 0 Å². The van der Waals surface area contributed by atoms with Crippen LogP contribution in [0.4, 0.5) is 0 Å². The van der Waals surface area contributed by atoms with E-state index in [-0.39, 0.29) is 0 Å². The van der Waals surface area contributed by atoms with E-state index in [1.54, 1.807) is 0 Å². The summed E-state index contributed by atoms with van der Waals surface area (Å²) in [4.78, 5) is 4.52. The van der Waals surface area contributed by atoms with Crippen LogP contribution in [0.25, 0.3) is 0 Å². The van der Waals surface area contributed by atoms with E-state index in [0.717, 1.165) is 29.6 Å². The lowest BCUT2D eigenvalue weighted by molar-refractivity contribution is 0.329. The van der Waals surface area contributed by atoms with Gasteiger partial charge in [-0.2, -0.15) is 0 Å². The van der Waals surface area contributed by atoms with Crippen molar-refractivity contribution in [2.75, 3.05) is 6.54 Å².